The number of carbonyl (C=O) groups excluding carboxylic acids is 1. The number of benzene rings is 2. The van der Waals surface area contributed by atoms with Crippen molar-refractivity contribution in [2.75, 3.05) is 18.4 Å². The number of sulfonamides is 1. The van der Waals surface area contributed by atoms with E-state index in [-0.39, 0.29) is 10.6 Å². The fourth-order valence-electron chi connectivity index (χ4n) is 3.56. The van der Waals surface area contributed by atoms with Crippen LogP contribution in [0.2, 0.25) is 0 Å². The quantitative estimate of drug-likeness (QED) is 0.641. The Kier molecular flexibility index (Phi) is 6.20. The first-order chi connectivity index (χ1) is 15.3. The standard InChI is InChI=1S/C23H24N4O4S/c1-17-5-9-19(10-6-17)27-16-13-21(28)22(25-27)23(29)24-18-7-11-20(12-8-18)32(30,31)26-14-3-2-4-15-26/h5-13,16H,2-4,14-15H2,1H3,(H,24,29). The van der Waals surface area contributed by atoms with Gasteiger partial charge in [-0.15, -0.1) is 0 Å². The molecule has 0 spiro atoms. The summed E-state index contributed by atoms with van der Waals surface area (Å²) in [5, 5.41) is 6.80. The molecule has 2 heterocycles. The first-order valence-electron chi connectivity index (χ1n) is 10.4. The van der Waals surface area contributed by atoms with Crippen LogP contribution < -0.4 is 10.7 Å². The van der Waals surface area contributed by atoms with E-state index in [1.54, 1.807) is 0 Å². The third-order valence-electron chi connectivity index (χ3n) is 5.39. The average Bonchev–Trinajstić information content (AvgIpc) is 2.81. The number of piperidine rings is 1. The summed E-state index contributed by atoms with van der Waals surface area (Å²) < 4.78 is 28.5. The molecule has 0 radical (unpaired) electrons. The Labute approximate surface area is 186 Å². The molecule has 1 saturated heterocycles. The minimum atomic E-state index is -3.55. The van der Waals surface area contributed by atoms with Crippen molar-refractivity contribution in [2.45, 2.75) is 31.1 Å². The molecule has 1 aliphatic rings. The maximum atomic E-state index is 12.8. The molecule has 3 aromatic rings. The third-order valence-corrected chi connectivity index (χ3v) is 7.30. The molecule has 0 atom stereocenters. The number of aryl methyl sites for hydroxylation is 1. The Bertz CT molecular complexity index is 1280. The molecule has 2 aromatic carbocycles. The van der Waals surface area contributed by atoms with E-state index in [9.17, 15) is 18.0 Å². The number of hydrogen-bond donors (Lipinski definition) is 1. The summed E-state index contributed by atoms with van der Waals surface area (Å²) >= 11 is 0. The van der Waals surface area contributed by atoms with E-state index in [4.69, 9.17) is 0 Å². The first kappa shape index (κ1) is 21.9. The predicted octanol–water partition coefficient (Wildman–Crippen LogP) is 2.97. The molecule has 32 heavy (non-hydrogen) atoms. The van der Waals surface area contributed by atoms with Crippen LogP contribution in [-0.2, 0) is 10.0 Å². The molecular weight excluding hydrogens is 428 g/mol. The van der Waals surface area contributed by atoms with Crippen molar-refractivity contribution in [1.29, 1.82) is 0 Å². The van der Waals surface area contributed by atoms with Gasteiger partial charge in [0.15, 0.2) is 5.69 Å². The summed E-state index contributed by atoms with van der Waals surface area (Å²) in [4.78, 5) is 25.1. The number of anilines is 1. The summed E-state index contributed by atoms with van der Waals surface area (Å²) in [6.45, 7) is 3.01. The van der Waals surface area contributed by atoms with E-state index in [0.717, 1.165) is 30.5 Å². The highest BCUT2D eigenvalue weighted by Gasteiger charge is 2.25. The number of amides is 1. The van der Waals surface area contributed by atoms with Crippen molar-refractivity contribution in [1.82, 2.24) is 14.1 Å². The summed E-state index contributed by atoms with van der Waals surface area (Å²) in [5.41, 5.74) is 1.42. The monoisotopic (exact) mass is 452 g/mol. The van der Waals surface area contributed by atoms with Gasteiger partial charge in [0.1, 0.15) is 0 Å². The van der Waals surface area contributed by atoms with E-state index >= 15 is 0 Å². The number of hydrogen-bond acceptors (Lipinski definition) is 5. The molecule has 8 nitrogen and oxygen atoms in total. The van der Waals surface area contributed by atoms with Gasteiger partial charge in [0.2, 0.25) is 15.5 Å². The van der Waals surface area contributed by atoms with Crippen molar-refractivity contribution in [3.8, 4) is 5.69 Å². The Balaban J connectivity index is 1.52. The lowest BCUT2D eigenvalue weighted by molar-refractivity contribution is 0.101. The van der Waals surface area contributed by atoms with E-state index in [1.165, 1.54) is 45.5 Å². The van der Waals surface area contributed by atoms with Gasteiger partial charge in [-0.25, -0.2) is 13.1 Å². The van der Waals surface area contributed by atoms with E-state index in [0.29, 0.717) is 18.8 Å². The molecule has 0 bridgehead atoms. The van der Waals surface area contributed by atoms with Crippen LogP contribution in [0.3, 0.4) is 0 Å². The van der Waals surface area contributed by atoms with Gasteiger partial charge in [-0.2, -0.15) is 9.40 Å². The molecule has 9 heteroatoms. The molecule has 1 N–H and O–H groups in total. The van der Waals surface area contributed by atoms with Crippen LogP contribution in [0.5, 0.6) is 0 Å². The minimum Gasteiger partial charge on any atom is -0.320 e. The maximum Gasteiger partial charge on any atom is 0.280 e. The average molecular weight is 453 g/mol. The zero-order valence-corrected chi connectivity index (χ0v) is 18.5. The summed E-state index contributed by atoms with van der Waals surface area (Å²) in [6.07, 6.45) is 4.26. The molecule has 166 valence electrons. The topological polar surface area (TPSA) is 101 Å². The van der Waals surface area contributed by atoms with Crippen molar-refractivity contribution in [3.63, 3.8) is 0 Å². The highest BCUT2D eigenvalue weighted by Crippen LogP contribution is 2.22. The van der Waals surface area contributed by atoms with Gasteiger partial charge in [-0.3, -0.25) is 9.59 Å². The van der Waals surface area contributed by atoms with Crippen LogP contribution >= 0.6 is 0 Å². The van der Waals surface area contributed by atoms with Crippen LogP contribution in [0, 0.1) is 6.92 Å². The number of rotatable bonds is 5. The van der Waals surface area contributed by atoms with Crippen LogP contribution in [0.15, 0.2) is 70.5 Å². The second-order valence-electron chi connectivity index (χ2n) is 7.75. The third kappa shape index (κ3) is 4.63. The van der Waals surface area contributed by atoms with Gasteiger partial charge >= 0.3 is 0 Å². The van der Waals surface area contributed by atoms with Crippen molar-refractivity contribution in [3.05, 3.63) is 82.3 Å². The molecule has 1 aliphatic heterocycles. The fraction of sp³-hybridized carbons (Fsp3) is 0.261. The van der Waals surface area contributed by atoms with Gasteiger partial charge in [-0.05, 0) is 56.2 Å². The fourth-order valence-corrected chi connectivity index (χ4v) is 5.08. The largest absolute Gasteiger partial charge is 0.320 e. The Morgan fingerprint density at radius 1 is 0.938 bits per heavy atom. The van der Waals surface area contributed by atoms with Crippen molar-refractivity contribution < 1.29 is 13.2 Å². The van der Waals surface area contributed by atoms with E-state index in [1.807, 2.05) is 31.2 Å². The van der Waals surface area contributed by atoms with Crippen molar-refractivity contribution >= 4 is 21.6 Å². The van der Waals surface area contributed by atoms with Gasteiger partial charge < -0.3 is 5.32 Å². The van der Waals surface area contributed by atoms with Gasteiger partial charge in [0.25, 0.3) is 5.91 Å². The molecule has 4 rings (SSSR count). The Morgan fingerprint density at radius 2 is 1.59 bits per heavy atom. The van der Waals surface area contributed by atoms with Gasteiger partial charge in [0.05, 0.1) is 10.6 Å². The number of carbonyl (C=O) groups is 1. The zero-order chi connectivity index (χ0) is 22.7. The van der Waals surface area contributed by atoms with Gasteiger partial charge in [0, 0.05) is 31.0 Å². The number of nitrogens with zero attached hydrogens (tertiary/aromatic N) is 3. The maximum absolute atomic E-state index is 12.8. The summed E-state index contributed by atoms with van der Waals surface area (Å²) in [6, 6.07) is 14.7. The lowest BCUT2D eigenvalue weighted by Crippen LogP contribution is -2.35. The zero-order valence-electron chi connectivity index (χ0n) is 17.7. The predicted molar refractivity (Wildman–Crippen MR) is 122 cm³/mol. The van der Waals surface area contributed by atoms with Crippen LogP contribution in [0.25, 0.3) is 5.69 Å². The molecule has 1 aromatic heterocycles. The SMILES string of the molecule is Cc1ccc(-n2ccc(=O)c(C(=O)Nc3ccc(S(=O)(=O)N4CCCCC4)cc3)n2)cc1. The number of aromatic nitrogens is 2. The lowest BCUT2D eigenvalue weighted by atomic mass is 10.2. The molecule has 0 aliphatic carbocycles. The van der Waals surface area contributed by atoms with Crippen LogP contribution in [0.1, 0.15) is 35.3 Å². The molecule has 1 fully saturated rings. The minimum absolute atomic E-state index is 0.178. The highest BCUT2D eigenvalue weighted by atomic mass is 32.2. The molecular formula is C23H24N4O4S. The van der Waals surface area contributed by atoms with Crippen molar-refractivity contribution in [2.24, 2.45) is 0 Å². The summed E-state index contributed by atoms with van der Waals surface area (Å²) in [5.74, 6) is -0.664. The highest BCUT2D eigenvalue weighted by molar-refractivity contribution is 7.89. The molecule has 0 unspecified atom stereocenters. The summed E-state index contributed by atoms with van der Waals surface area (Å²) in [7, 11) is -3.55. The van der Waals surface area contributed by atoms with Crippen LogP contribution in [0.4, 0.5) is 5.69 Å². The smallest absolute Gasteiger partial charge is 0.280 e. The lowest BCUT2D eigenvalue weighted by Gasteiger charge is -2.25. The Morgan fingerprint density at radius 3 is 2.25 bits per heavy atom. The Hall–Kier alpha value is -3.30. The second-order valence-corrected chi connectivity index (χ2v) is 9.69. The first-order valence-corrected chi connectivity index (χ1v) is 11.9. The van der Waals surface area contributed by atoms with Crippen LogP contribution in [-0.4, -0.2) is 41.5 Å². The normalized spacial score (nSPS) is 14.8. The second kappa shape index (κ2) is 9.05. The molecule has 1 amide bonds. The molecule has 0 saturated carbocycles. The van der Waals surface area contributed by atoms with E-state index < -0.39 is 21.4 Å². The number of nitrogens with one attached hydrogen (secondary N) is 1. The van der Waals surface area contributed by atoms with Gasteiger partial charge in [-0.1, -0.05) is 24.1 Å². The van der Waals surface area contributed by atoms with E-state index in [2.05, 4.69) is 10.4 Å².